The summed E-state index contributed by atoms with van der Waals surface area (Å²) in [6, 6.07) is 14.2. The van der Waals surface area contributed by atoms with Crippen LogP contribution in [0.2, 0.25) is 0 Å². The summed E-state index contributed by atoms with van der Waals surface area (Å²) in [4.78, 5) is 19.6. The van der Waals surface area contributed by atoms with E-state index in [1.807, 2.05) is 58.7 Å². The molecule has 0 bridgehead atoms. The smallest absolute Gasteiger partial charge is 0.381 e. The second-order valence-corrected chi connectivity index (χ2v) is 18.6. The lowest BCUT2D eigenvalue weighted by Gasteiger charge is -2.37. The van der Waals surface area contributed by atoms with E-state index < -0.39 is 39.0 Å². The highest BCUT2D eigenvalue weighted by molar-refractivity contribution is 8.07. The van der Waals surface area contributed by atoms with Crippen LogP contribution in [-0.4, -0.2) is 80.1 Å². The molecule has 0 atom stereocenters. The fourth-order valence-electron chi connectivity index (χ4n) is 4.68. The lowest BCUT2D eigenvalue weighted by molar-refractivity contribution is 0.215. The van der Waals surface area contributed by atoms with Crippen molar-refractivity contribution in [1.82, 2.24) is 14.9 Å². The van der Waals surface area contributed by atoms with E-state index in [4.69, 9.17) is 95.0 Å². The molecular weight excluding hydrogens is 838 g/mol. The predicted molar refractivity (Wildman–Crippen MR) is 233 cm³/mol. The van der Waals surface area contributed by atoms with Crippen LogP contribution in [-0.2, 0) is 20.9 Å². The summed E-state index contributed by atoms with van der Waals surface area (Å²) in [7, 11) is 1.93. The summed E-state index contributed by atoms with van der Waals surface area (Å²) in [5.41, 5.74) is 7.66. The van der Waals surface area contributed by atoms with Gasteiger partial charge in [0.1, 0.15) is 5.82 Å². The average Bonchev–Trinajstić information content (AvgIpc) is 3.08. The molecule has 0 spiro atoms. The van der Waals surface area contributed by atoms with Gasteiger partial charge in [0.25, 0.3) is 0 Å². The molecule has 53 heavy (non-hydrogen) atoms. The molecule has 1 heterocycles. The Morgan fingerprint density at radius 2 is 1.11 bits per heavy atom. The summed E-state index contributed by atoms with van der Waals surface area (Å²) < 4.78 is 16.6. The van der Waals surface area contributed by atoms with Gasteiger partial charge >= 0.3 is 6.72 Å². The molecule has 16 heteroatoms. The number of hydrogen-bond donors (Lipinski definition) is 0. The van der Waals surface area contributed by atoms with Crippen LogP contribution in [0.3, 0.4) is 0 Å². The van der Waals surface area contributed by atoms with Crippen LogP contribution >= 0.6 is 76.3 Å². The zero-order valence-electron chi connectivity index (χ0n) is 31.7. The van der Waals surface area contributed by atoms with Crippen LogP contribution in [0.1, 0.15) is 67.4 Å². The normalized spacial score (nSPS) is 21.6. The first kappa shape index (κ1) is 47.9. The summed E-state index contributed by atoms with van der Waals surface area (Å²) >= 11 is 40.6. The lowest BCUT2D eigenvalue weighted by atomic mass is 9.97. The largest absolute Gasteiger partial charge is 0.406 e. The van der Waals surface area contributed by atoms with Crippen molar-refractivity contribution in [3.05, 3.63) is 76.2 Å². The predicted octanol–water partition coefficient (Wildman–Crippen LogP) is 12.1. The van der Waals surface area contributed by atoms with E-state index in [0.29, 0.717) is 19.1 Å². The van der Waals surface area contributed by atoms with Crippen LogP contribution in [0.15, 0.2) is 52.4 Å². The Balaban J connectivity index is 0.000000287. The Morgan fingerprint density at radius 1 is 0.717 bits per heavy atom. The second kappa shape index (κ2) is 23.1. The van der Waals surface area contributed by atoms with Crippen molar-refractivity contribution >= 4 is 112 Å². The van der Waals surface area contributed by atoms with Crippen LogP contribution < -0.4 is 4.52 Å². The van der Waals surface area contributed by atoms with Crippen molar-refractivity contribution < 1.29 is 13.6 Å². The fraction of sp³-hybridized carbons (Fsp3) is 0.514. The molecule has 1 saturated carbocycles. The molecule has 0 amide bonds. The van der Waals surface area contributed by atoms with Crippen molar-refractivity contribution in [2.75, 3.05) is 20.3 Å². The first-order valence-electron chi connectivity index (χ1n) is 17.1. The zero-order valence-corrected chi connectivity index (χ0v) is 38.0. The third-order valence-corrected chi connectivity index (χ3v) is 13.9. The monoisotopic (exact) mass is 885 g/mol. The molecule has 0 saturated heterocycles. The average molecular weight is 889 g/mol. The van der Waals surface area contributed by atoms with Crippen molar-refractivity contribution in [3.8, 4) is 5.88 Å². The highest BCUT2D eigenvalue weighted by Gasteiger charge is 2.47. The zero-order chi connectivity index (χ0) is 40.0. The minimum atomic E-state index is -2.77. The minimum Gasteiger partial charge on any atom is -0.406 e. The minimum absolute atomic E-state index is 0.222. The molecule has 2 aromatic carbocycles. The Labute approximate surface area is 351 Å². The third-order valence-electron chi connectivity index (χ3n) is 7.43. The van der Waals surface area contributed by atoms with Gasteiger partial charge in [0.2, 0.25) is 5.88 Å². The maximum atomic E-state index is 5.88. The van der Waals surface area contributed by atoms with Gasteiger partial charge in [-0.3, -0.25) is 9.05 Å². The van der Waals surface area contributed by atoms with Crippen LogP contribution in [0.4, 0.5) is 11.4 Å². The number of aliphatic imine (C=N–C) groups is 2. The standard InChI is InChI=1S/C19H23N3.C12H21N2O3PS.C6H6Cl6/c1-14-6-8-18(16(3)10-14)20-12-22(5)13-21-19-9-7-15(2)11-17(19)4;1-6-15-18(19,16-7-2)17-11-8-10(5)13-12(14-11)9(3)4;7-1-2(8)4(10)6(12)5(11)3(1)9/h6-13H,1-5H3;8-9H,6-7H2,1-5H3;1-6H. The quantitative estimate of drug-likeness (QED) is 0.0821. The van der Waals surface area contributed by atoms with E-state index in [-0.39, 0.29) is 5.92 Å². The molecule has 294 valence electrons. The van der Waals surface area contributed by atoms with Crippen molar-refractivity contribution in [1.29, 1.82) is 0 Å². The van der Waals surface area contributed by atoms with E-state index in [2.05, 4.69) is 71.9 Å². The Kier molecular flexibility index (Phi) is 20.9. The molecule has 0 radical (unpaired) electrons. The van der Waals surface area contributed by atoms with Gasteiger partial charge in [-0.1, -0.05) is 49.2 Å². The highest BCUT2D eigenvalue weighted by Crippen LogP contribution is 2.49. The number of aryl methyl sites for hydroxylation is 5. The van der Waals surface area contributed by atoms with E-state index in [1.54, 1.807) is 18.7 Å². The van der Waals surface area contributed by atoms with E-state index >= 15 is 0 Å². The number of hydrogen-bond acceptors (Lipinski definition) is 8. The van der Waals surface area contributed by atoms with E-state index in [1.165, 1.54) is 22.3 Å². The van der Waals surface area contributed by atoms with Gasteiger partial charge in [0, 0.05) is 36.5 Å². The summed E-state index contributed by atoms with van der Waals surface area (Å²) in [5.74, 6) is 1.37. The molecule has 1 fully saturated rings. The van der Waals surface area contributed by atoms with Gasteiger partial charge in [-0.05, 0) is 71.7 Å². The summed E-state index contributed by atoms with van der Waals surface area (Å²) in [6.07, 6.45) is 3.56. The van der Waals surface area contributed by atoms with Crippen molar-refractivity contribution in [2.45, 2.75) is 100 Å². The molecule has 0 unspecified atom stereocenters. The Morgan fingerprint density at radius 3 is 1.45 bits per heavy atom. The Hall–Kier alpha value is -1.23. The maximum Gasteiger partial charge on any atom is 0.381 e. The van der Waals surface area contributed by atoms with Gasteiger partial charge in [0.15, 0.2) is 0 Å². The fourth-order valence-corrected chi connectivity index (χ4v) is 9.00. The van der Waals surface area contributed by atoms with Crippen LogP contribution in [0.5, 0.6) is 5.88 Å². The molecular formula is C37H50Cl6N5O3PS. The van der Waals surface area contributed by atoms with Gasteiger partial charge < -0.3 is 9.42 Å². The van der Waals surface area contributed by atoms with E-state index in [9.17, 15) is 0 Å². The number of benzene rings is 2. The van der Waals surface area contributed by atoms with Crippen LogP contribution in [0, 0.1) is 34.6 Å². The Bertz CT molecular complexity index is 1590. The first-order chi connectivity index (χ1) is 24.8. The number of nitrogens with zero attached hydrogens (tertiary/aromatic N) is 5. The van der Waals surface area contributed by atoms with Gasteiger partial charge in [-0.2, -0.15) is 4.98 Å². The number of aromatic nitrogens is 2. The van der Waals surface area contributed by atoms with Gasteiger partial charge in [0.05, 0.1) is 69.5 Å². The molecule has 4 rings (SSSR count). The van der Waals surface area contributed by atoms with Gasteiger partial charge in [-0.15, -0.1) is 69.6 Å². The van der Waals surface area contributed by atoms with E-state index in [0.717, 1.165) is 22.9 Å². The van der Waals surface area contributed by atoms with Crippen molar-refractivity contribution in [2.24, 2.45) is 9.98 Å². The molecule has 8 nitrogen and oxygen atoms in total. The maximum absolute atomic E-state index is 5.88. The topological polar surface area (TPSA) is 81.4 Å². The SMILES string of the molecule is CCOP(=S)(OCC)Oc1cc(C)nc(C(C)C)n1.Cc1ccc(N=CN(C)C=Nc2ccc(C)cc2C)c(C)c1.ClC1C(Cl)C(Cl)C(Cl)C(Cl)C1Cl. The summed E-state index contributed by atoms with van der Waals surface area (Å²) in [6.45, 7) is 16.1. The third kappa shape index (κ3) is 15.7. The molecule has 0 N–H and O–H groups in total. The van der Waals surface area contributed by atoms with Crippen LogP contribution in [0.25, 0.3) is 0 Å². The highest BCUT2D eigenvalue weighted by atomic mass is 35.5. The number of rotatable bonds is 11. The lowest BCUT2D eigenvalue weighted by Crippen LogP contribution is -2.52. The molecule has 1 aromatic heterocycles. The summed E-state index contributed by atoms with van der Waals surface area (Å²) in [5, 5.41) is -2.62. The molecule has 0 aliphatic heterocycles. The molecule has 1 aliphatic carbocycles. The second-order valence-electron chi connectivity index (χ2n) is 12.6. The molecule has 1 aliphatic rings. The van der Waals surface area contributed by atoms with Crippen molar-refractivity contribution in [3.63, 3.8) is 0 Å². The molecule has 3 aromatic rings. The number of halogens is 6. The number of alkyl halides is 6. The van der Waals surface area contributed by atoms with Gasteiger partial charge in [-0.25, -0.2) is 15.0 Å². The first-order valence-corrected chi connectivity index (χ1v) is 22.2.